The van der Waals surface area contributed by atoms with Gasteiger partial charge in [0.05, 0.1) is 6.61 Å². The second-order valence-electron chi connectivity index (χ2n) is 3.74. The van der Waals surface area contributed by atoms with Crippen molar-refractivity contribution in [3.8, 4) is 5.75 Å². The number of hydrogen-bond acceptors (Lipinski definition) is 3. The van der Waals surface area contributed by atoms with E-state index in [0.717, 1.165) is 23.7 Å². The van der Waals surface area contributed by atoms with Gasteiger partial charge in [-0.1, -0.05) is 6.07 Å². The van der Waals surface area contributed by atoms with E-state index in [2.05, 4.69) is 12.1 Å². The van der Waals surface area contributed by atoms with Crippen LogP contribution in [0.2, 0.25) is 0 Å². The number of hydrogen-bond donors (Lipinski definition) is 1. The molecule has 3 heteroatoms. The molecule has 82 valence electrons. The molecule has 0 saturated carbocycles. The van der Waals surface area contributed by atoms with Crippen molar-refractivity contribution in [1.82, 2.24) is 0 Å². The lowest BCUT2D eigenvalue weighted by molar-refractivity contribution is 0.339. The molecule has 0 aliphatic carbocycles. The van der Waals surface area contributed by atoms with Crippen molar-refractivity contribution >= 4 is 11.8 Å². The highest BCUT2D eigenvalue weighted by molar-refractivity contribution is 7.98. The number of rotatable bonds is 2. The molecule has 0 aromatic heterocycles. The van der Waals surface area contributed by atoms with Gasteiger partial charge in [0, 0.05) is 11.8 Å². The highest BCUT2D eigenvalue weighted by atomic mass is 32.2. The van der Waals surface area contributed by atoms with E-state index >= 15 is 0 Å². The van der Waals surface area contributed by atoms with E-state index in [0.29, 0.717) is 6.61 Å². The Labute approximate surface area is 95.2 Å². The van der Waals surface area contributed by atoms with E-state index in [4.69, 9.17) is 10.5 Å². The molecule has 2 nitrogen and oxygen atoms in total. The van der Waals surface area contributed by atoms with E-state index in [9.17, 15) is 0 Å². The maximum atomic E-state index is 6.14. The molecule has 0 spiro atoms. The molecule has 1 aliphatic heterocycles. The molecule has 0 fully saturated rings. The van der Waals surface area contributed by atoms with Crippen molar-refractivity contribution in [2.24, 2.45) is 5.73 Å². The largest absolute Gasteiger partial charge is 0.494 e. The van der Waals surface area contributed by atoms with Crippen molar-refractivity contribution in [2.45, 2.75) is 25.1 Å². The summed E-state index contributed by atoms with van der Waals surface area (Å²) in [5, 5.41) is 0. The first-order valence-corrected chi connectivity index (χ1v) is 6.55. The average Bonchev–Trinajstić information content (AvgIpc) is 2.42. The molecule has 1 aliphatic rings. The van der Waals surface area contributed by atoms with Gasteiger partial charge >= 0.3 is 0 Å². The monoisotopic (exact) mass is 223 g/mol. The summed E-state index contributed by atoms with van der Waals surface area (Å²) in [5.74, 6) is 3.17. The van der Waals surface area contributed by atoms with E-state index in [-0.39, 0.29) is 6.04 Å². The Morgan fingerprint density at radius 1 is 1.53 bits per heavy atom. The van der Waals surface area contributed by atoms with Crippen LogP contribution in [0, 0.1) is 0 Å². The summed E-state index contributed by atoms with van der Waals surface area (Å²) in [6.45, 7) is 2.71. The predicted molar refractivity (Wildman–Crippen MR) is 65.3 cm³/mol. The summed E-state index contributed by atoms with van der Waals surface area (Å²) in [7, 11) is 0. The molecule has 1 heterocycles. The number of fused-ring (bicyclic) bond motifs is 1. The number of ether oxygens (including phenoxy) is 1. The third-order valence-corrected chi connectivity index (χ3v) is 3.70. The van der Waals surface area contributed by atoms with Gasteiger partial charge in [-0.15, -0.1) is 0 Å². The number of benzene rings is 1. The normalized spacial score (nSPS) is 20.5. The summed E-state index contributed by atoms with van der Waals surface area (Å²) in [6, 6.07) is 6.48. The SMILES string of the molecule is CCOc1ccc2c(c1)[C@H](N)CCSC2. The number of thioether (sulfide) groups is 1. The van der Waals surface area contributed by atoms with Crippen LogP contribution in [0.5, 0.6) is 5.75 Å². The van der Waals surface area contributed by atoms with Gasteiger partial charge in [-0.3, -0.25) is 0 Å². The van der Waals surface area contributed by atoms with Crippen molar-refractivity contribution < 1.29 is 4.74 Å². The summed E-state index contributed by atoms with van der Waals surface area (Å²) < 4.78 is 5.50. The van der Waals surface area contributed by atoms with E-state index < -0.39 is 0 Å². The van der Waals surface area contributed by atoms with Crippen LogP contribution in [-0.2, 0) is 5.75 Å². The van der Waals surface area contributed by atoms with Crippen LogP contribution in [-0.4, -0.2) is 12.4 Å². The first-order chi connectivity index (χ1) is 7.31. The second kappa shape index (κ2) is 4.90. The van der Waals surface area contributed by atoms with Crippen molar-refractivity contribution in [2.75, 3.05) is 12.4 Å². The molecule has 0 bridgehead atoms. The van der Waals surface area contributed by atoms with Crippen LogP contribution in [0.1, 0.15) is 30.5 Å². The van der Waals surface area contributed by atoms with Crippen molar-refractivity contribution in [3.63, 3.8) is 0 Å². The average molecular weight is 223 g/mol. The smallest absolute Gasteiger partial charge is 0.119 e. The lowest BCUT2D eigenvalue weighted by Gasteiger charge is -2.13. The molecule has 15 heavy (non-hydrogen) atoms. The maximum absolute atomic E-state index is 6.14. The van der Waals surface area contributed by atoms with Gasteiger partial charge in [-0.2, -0.15) is 11.8 Å². The van der Waals surface area contributed by atoms with Crippen LogP contribution in [0.4, 0.5) is 0 Å². The van der Waals surface area contributed by atoms with Crippen LogP contribution in [0.3, 0.4) is 0 Å². The highest BCUT2D eigenvalue weighted by Gasteiger charge is 2.15. The molecule has 1 aromatic carbocycles. The topological polar surface area (TPSA) is 35.2 Å². The van der Waals surface area contributed by atoms with Gasteiger partial charge in [-0.05, 0) is 42.4 Å². The highest BCUT2D eigenvalue weighted by Crippen LogP contribution is 2.31. The fourth-order valence-electron chi connectivity index (χ4n) is 1.85. The molecule has 0 saturated heterocycles. The Balaban J connectivity index is 2.31. The predicted octanol–water partition coefficient (Wildman–Crippen LogP) is 2.72. The molecule has 0 unspecified atom stereocenters. The van der Waals surface area contributed by atoms with Gasteiger partial charge in [0.2, 0.25) is 0 Å². The van der Waals surface area contributed by atoms with Gasteiger partial charge in [0.25, 0.3) is 0 Å². The third kappa shape index (κ3) is 2.47. The van der Waals surface area contributed by atoms with E-state index in [1.165, 1.54) is 11.1 Å². The molecule has 0 amide bonds. The Morgan fingerprint density at radius 2 is 2.40 bits per heavy atom. The quantitative estimate of drug-likeness (QED) is 0.837. The minimum absolute atomic E-state index is 0.176. The van der Waals surface area contributed by atoms with Gasteiger partial charge in [0.1, 0.15) is 5.75 Å². The Kier molecular flexibility index (Phi) is 3.54. The van der Waals surface area contributed by atoms with Crippen LogP contribution >= 0.6 is 11.8 Å². The molecule has 2 N–H and O–H groups in total. The minimum Gasteiger partial charge on any atom is -0.494 e. The Bertz CT molecular complexity index is 340. The lowest BCUT2D eigenvalue weighted by atomic mass is 10.00. The number of nitrogens with two attached hydrogens (primary N) is 1. The standard InChI is InChI=1S/C12H17NOS/c1-2-14-10-4-3-9-8-15-6-5-12(13)11(9)7-10/h3-4,7,12H,2,5-6,8,13H2,1H3/t12-/m1/s1. The molecule has 2 rings (SSSR count). The van der Waals surface area contributed by atoms with Gasteiger partial charge < -0.3 is 10.5 Å². The Morgan fingerprint density at radius 3 is 3.20 bits per heavy atom. The van der Waals surface area contributed by atoms with E-state index in [1.54, 1.807) is 0 Å². The zero-order valence-corrected chi connectivity index (χ0v) is 9.85. The van der Waals surface area contributed by atoms with Crippen LogP contribution in [0.25, 0.3) is 0 Å². The van der Waals surface area contributed by atoms with Crippen LogP contribution < -0.4 is 10.5 Å². The maximum Gasteiger partial charge on any atom is 0.119 e. The third-order valence-electron chi connectivity index (χ3n) is 2.66. The fraction of sp³-hybridized carbons (Fsp3) is 0.500. The summed E-state index contributed by atoms with van der Waals surface area (Å²) in [5.41, 5.74) is 8.78. The summed E-state index contributed by atoms with van der Waals surface area (Å²) in [4.78, 5) is 0. The first kappa shape index (κ1) is 10.8. The zero-order chi connectivity index (χ0) is 10.7. The van der Waals surface area contributed by atoms with E-state index in [1.807, 2.05) is 24.8 Å². The molecule has 1 atom stereocenters. The lowest BCUT2D eigenvalue weighted by Crippen LogP contribution is -2.11. The molecule has 1 aromatic rings. The molecular weight excluding hydrogens is 206 g/mol. The zero-order valence-electron chi connectivity index (χ0n) is 9.03. The first-order valence-electron chi connectivity index (χ1n) is 5.40. The van der Waals surface area contributed by atoms with Crippen molar-refractivity contribution in [3.05, 3.63) is 29.3 Å². The van der Waals surface area contributed by atoms with Gasteiger partial charge in [-0.25, -0.2) is 0 Å². The second-order valence-corrected chi connectivity index (χ2v) is 4.85. The molecular formula is C12H17NOS. The Hall–Kier alpha value is -0.670. The van der Waals surface area contributed by atoms with Crippen molar-refractivity contribution in [1.29, 1.82) is 0 Å². The summed E-state index contributed by atoms with van der Waals surface area (Å²) >= 11 is 1.96. The molecule has 0 radical (unpaired) electrons. The fourth-order valence-corrected chi connectivity index (χ4v) is 2.90. The van der Waals surface area contributed by atoms with Crippen LogP contribution in [0.15, 0.2) is 18.2 Å². The summed E-state index contributed by atoms with van der Waals surface area (Å²) in [6.07, 6.45) is 1.06. The minimum atomic E-state index is 0.176. The van der Waals surface area contributed by atoms with Gasteiger partial charge in [0.15, 0.2) is 0 Å².